The van der Waals surface area contributed by atoms with Crippen molar-refractivity contribution in [2.24, 2.45) is 5.10 Å². The van der Waals surface area contributed by atoms with E-state index >= 15 is 0 Å². The molecule has 124 valence electrons. The molecule has 0 amide bonds. The van der Waals surface area contributed by atoms with Crippen molar-refractivity contribution in [3.63, 3.8) is 0 Å². The van der Waals surface area contributed by atoms with Crippen LogP contribution in [0.5, 0.6) is 0 Å². The number of carbonyl (C=O) groups is 1. The molecule has 0 aliphatic heterocycles. The lowest BCUT2D eigenvalue weighted by atomic mass is 10.2. The number of aromatic nitrogens is 2. The summed E-state index contributed by atoms with van der Waals surface area (Å²) in [6.07, 6.45) is 2.96. The first-order valence-electron chi connectivity index (χ1n) is 7.30. The van der Waals surface area contributed by atoms with Crippen molar-refractivity contribution >= 4 is 33.7 Å². The van der Waals surface area contributed by atoms with Gasteiger partial charge in [-0.3, -0.25) is 4.79 Å². The summed E-state index contributed by atoms with van der Waals surface area (Å²) >= 11 is 1.16. The van der Waals surface area contributed by atoms with Crippen molar-refractivity contribution in [2.75, 3.05) is 6.61 Å². The fourth-order valence-electron chi connectivity index (χ4n) is 2.28. The molecule has 0 spiro atoms. The summed E-state index contributed by atoms with van der Waals surface area (Å²) in [7, 11) is 0. The van der Waals surface area contributed by atoms with Gasteiger partial charge in [0.25, 0.3) is 5.56 Å². The molecule has 0 aromatic carbocycles. The number of furan rings is 1. The zero-order chi connectivity index (χ0) is 17.3. The minimum Gasteiger partial charge on any atom is -0.463 e. The number of carbonyl (C=O) groups excluding carboxylic acids is 1. The Kier molecular flexibility index (Phi) is 4.30. The predicted octanol–water partition coefficient (Wildman–Crippen LogP) is 2.73. The van der Waals surface area contributed by atoms with E-state index in [0.717, 1.165) is 11.3 Å². The van der Waals surface area contributed by atoms with Crippen LogP contribution in [0.2, 0.25) is 0 Å². The normalized spacial score (nSPS) is 11.5. The molecule has 8 heteroatoms. The van der Waals surface area contributed by atoms with E-state index < -0.39 is 5.97 Å². The number of esters is 1. The maximum absolute atomic E-state index is 12.8. The largest absolute Gasteiger partial charge is 0.463 e. The zero-order valence-corrected chi connectivity index (χ0v) is 14.2. The molecule has 3 aromatic rings. The average molecular weight is 345 g/mol. The average Bonchev–Trinajstić information content (AvgIpc) is 3.15. The third-order valence-electron chi connectivity index (χ3n) is 3.41. The van der Waals surface area contributed by atoms with Crippen LogP contribution in [0.3, 0.4) is 0 Å². The first-order chi connectivity index (χ1) is 11.5. The van der Waals surface area contributed by atoms with Gasteiger partial charge in [-0.05, 0) is 38.5 Å². The van der Waals surface area contributed by atoms with E-state index in [9.17, 15) is 9.59 Å². The number of nitrogens with zero attached hydrogens (tertiary/aromatic N) is 3. The van der Waals surface area contributed by atoms with Crippen LogP contribution in [-0.2, 0) is 4.74 Å². The fourth-order valence-corrected chi connectivity index (χ4v) is 3.39. The Balaban J connectivity index is 2.14. The van der Waals surface area contributed by atoms with E-state index in [1.165, 1.54) is 17.2 Å². The van der Waals surface area contributed by atoms with Gasteiger partial charge >= 0.3 is 5.97 Å². The summed E-state index contributed by atoms with van der Waals surface area (Å²) < 4.78 is 11.4. The minimum atomic E-state index is -0.444. The van der Waals surface area contributed by atoms with Crippen LogP contribution < -0.4 is 5.56 Å². The van der Waals surface area contributed by atoms with Crippen LogP contribution in [0, 0.1) is 13.8 Å². The van der Waals surface area contributed by atoms with E-state index in [1.54, 1.807) is 32.9 Å². The zero-order valence-electron chi connectivity index (χ0n) is 13.4. The molecule has 3 rings (SSSR count). The Hall–Kier alpha value is -2.74. The van der Waals surface area contributed by atoms with Crippen LogP contribution >= 0.6 is 11.3 Å². The van der Waals surface area contributed by atoms with Gasteiger partial charge < -0.3 is 9.15 Å². The maximum Gasteiger partial charge on any atom is 0.348 e. The third kappa shape index (κ3) is 2.76. The highest BCUT2D eigenvalue weighted by atomic mass is 32.1. The van der Waals surface area contributed by atoms with Gasteiger partial charge in [0.2, 0.25) is 0 Å². The Bertz CT molecular complexity index is 983. The molecule has 24 heavy (non-hydrogen) atoms. The number of ether oxygens (including phenoxy) is 1. The molecule has 0 fully saturated rings. The molecule has 3 heterocycles. The molecule has 0 radical (unpaired) electrons. The lowest BCUT2D eigenvalue weighted by molar-refractivity contribution is 0.0531. The van der Waals surface area contributed by atoms with Crippen molar-refractivity contribution < 1.29 is 13.9 Å². The van der Waals surface area contributed by atoms with Crippen LogP contribution in [0.4, 0.5) is 0 Å². The topological polar surface area (TPSA) is 86.7 Å². The molecule has 7 nitrogen and oxygen atoms in total. The Morgan fingerprint density at radius 3 is 2.96 bits per heavy atom. The Morgan fingerprint density at radius 1 is 1.50 bits per heavy atom. The maximum atomic E-state index is 12.8. The summed E-state index contributed by atoms with van der Waals surface area (Å²) in [6.45, 7) is 5.40. The van der Waals surface area contributed by atoms with Crippen molar-refractivity contribution in [1.29, 1.82) is 0 Å². The summed E-state index contributed by atoms with van der Waals surface area (Å²) in [4.78, 5) is 30.0. The lowest BCUT2D eigenvalue weighted by Gasteiger charge is -2.02. The Morgan fingerprint density at radius 2 is 2.29 bits per heavy atom. The first-order valence-corrected chi connectivity index (χ1v) is 8.12. The number of hydrogen-bond donors (Lipinski definition) is 0. The smallest absolute Gasteiger partial charge is 0.348 e. The van der Waals surface area contributed by atoms with Gasteiger partial charge in [-0.1, -0.05) is 0 Å². The van der Waals surface area contributed by atoms with Gasteiger partial charge in [-0.25, -0.2) is 9.78 Å². The van der Waals surface area contributed by atoms with E-state index in [2.05, 4.69) is 10.1 Å². The highest BCUT2D eigenvalue weighted by Gasteiger charge is 2.21. The van der Waals surface area contributed by atoms with E-state index in [-0.39, 0.29) is 12.2 Å². The van der Waals surface area contributed by atoms with Crippen LogP contribution in [-0.4, -0.2) is 28.5 Å². The molecule has 0 aliphatic rings. The molecule has 0 atom stereocenters. The van der Waals surface area contributed by atoms with Crippen molar-refractivity contribution in [2.45, 2.75) is 20.8 Å². The SMILES string of the molecule is CCOC(=O)c1sc2nc(C)n(/N=C\c3ccco3)c(=O)c2c1C. The quantitative estimate of drug-likeness (QED) is 0.536. The predicted molar refractivity (Wildman–Crippen MR) is 91.0 cm³/mol. The van der Waals surface area contributed by atoms with Gasteiger partial charge in [0.05, 0.1) is 24.5 Å². The summed E-state index contributed by atoms with van der Waals surface area (Å²) in [6, 6.07) is 3.46. The lowest BCUT2D eigenvalue weighted by Crippen LogP contribution is -2.20. The second-order valence-electron chi connectivity index (χ2n) is 4.99. The minimum absolute atomic E-state index is 0.274. The van der Waals surface area contributed by atoms with Crippen molar-refractivity contribution in [3.05, 3.63) is 50.8 Å². The molecule has 0 unspecified atom stereocenters. The highest BCUT2D eigenvalue weighted by molar-refractivity contribution is 7.20. The molecule has 0 N–H and O–H groups in total. The number of hydrogen-bond acceptors (Lipinski definition) is 7. The third-order valence-corrected chi connectivity index (χ3v) is 4.57. The molecule has 0 saturated heterocycles. The number of fused-ring (bicyclic) bond motifs is 1. The van der Waals surface area contributed by atoms with E-state index in [4.69, 9.17) is 9.15 Å². The van der Waals surface area contributed by atoms with Crippen LogP contribution in [0.25, 0.3) is 10.2 Å². The van der Waals surface area contributed by atoms with Crippen molar-refractivity contribution in [1.82, 2.24) is 9.66 Å². The van der Waals surface area contributed by atoms with Crippen LogP contribution in [0.15, 0.2) is 32.7 Å². The first kappa shape index (κ1) is 16.1. The summed E-state index contributed by atoms with van der Waals surface area (Å²) in [5.41, 5.74) is 0.234. The molecule has 0 bridgehead atoms. The van der Waals surface area contributed by atoms with Crippen molar-refractivity contribution in [3.8, 4) is 0 Å². The number of aryl methyl sites for hydroxylation is 2. The number of rotatable bonds is 4. The molecular formula is C16H15N3O4S. The second-order valence-corrected chi connectivity index (χ2v) is 5.99. The standard InChI is InChI=1S/C16H15N3O4S/c1-4-22-16(21)13-9(2)12-14(24-13)18-10(3)19(15(12)20)17-8-11-6-5-7-23-11/h5-8H,4H2,1-3H3/b17-8-. The molecule has 3 aromatic heterocycles. The van der Waals surface area contributed by atoms with E-state index in [0.29, 0.717) is 32.2 Å². The highest BCUT2D eigenvalue weighted by Crippen LogP contribution is 2.28. The second kappa shape index (κ2) is 6.40. The van der Waals surface area contributed by atoms with Crippen LogP contribution in [0.1, 0.15) is 33.7 Å². The summed E-state index contributed by atoms with van der Waals surface area (Å²) in [5.74, 6) is 0.503. The van der Waals surface area contributed by atoms with Gasteiger partial charge in [-0.15, -0.1) is 11.3 Å². The van der Waals surface area contributed by atoms with Gasteiger partial charge in [0, 0.05) is 0 Å². The Labute approximate surface area is 141 Å². The van der Waals surface area contributed by atoms with Gasteiger partial charge in [0.1, 0.15) is 21.3 Å². The molecule has 0 saturated carbocycles. The molecule has 0 aliphatic carbocycles. The van der Waals surface area contributed by atoms with Gasteiger partial charge in [-0.2, -0.15) is 9.78 Å². The fraction of sp³-hybridized carbons (Fsp3) is 0.250. The monoisotopic (exact) mass is 345 g/mol. The number of thiophene rings is 1. The van der Waals surface area contributed by atoms with E-state index in [1.807, 2.05) is 0 Å². The van der Waals surface area contributed by atoms with Gasteiger partial charge in [0.15, 0.2) is 0 Å². The summed E-state index contributed by atoms with van der Waals surface area (Å²) in [5, 5.41) is 4.52. The molecular weight excluding hydrogens is 330 g/mol.